The Bertz CT molecular complexity index is 944. The van der Waals surface area contributed by atoms with Crippen LogP contribution in [0.25, 0.3) is 0 Å². The van der Waals surface area contributed by atoms with E-state index in [4.69, 9.17) is 14.2 Å². The molecule has 0 aliphatic carbocycles. The fourth-order valence-corrected chi connectivity index (χ4v) is 3.62. The first kappa shape index (κ1) is 23.2. The molecule has 1 saturated heterocycles. The van der Waals surface area contributed by atoms with Crippen molar-refractivity contribution in [2.24, 2.45) is 4.99 Å². The molecular formula is C24H32N4O4. The molecule has 0 unspecified atom stereocenters. The molecule has 0 aromatic heterocycles. The van der Waals surface area contributed by atoms with Crippen LogP contribution < -0.4 is 29.7 Å². The minimum atomic E-state index is 0.194. The first-order valence-corrected chi connectivity index (χ1v) is 10.8. The Morgan fingerprint density at radius 2 is 1.69 bits per heavy atom. The molecule has 8 heteroatoms. The number of anilines is 1. The molecule has 1 aliphatic heterocycles. The van der Waals surface area contributed by atoms with Crippen LogP contribution in [-0.2, 0) is 17.9 Å². The van der Waals surface area contributed by atoms with Gasteiger partial charge >= 0.3 is 0 Å². The number of amides is 1. The lowest BCUT2D eigenvalue weighted by atomic mass is 10.1. The lowest BCUT2D eigenvalue weighted by Gasteiger charge is -2.17. The number of carbonyl (C=O) groups is 1. The summed E-state index contributed by atoms with van der Waals surface area (Å²) >= 11 is 0. The van der Waals surface area contributed by atoms with Gasteiger partial charge in [0.05, 0.1) is 27.9 Å². The maximum Gasteiger partial charge on any atom is 0.227 e. The van der Waals surface area contributed by atoms with Gasteiger partial charge in [-0.2, -0.15) is 0 Å². The Labute approximate surface area is 189 Å². The second-order valence-corrected chi connectivity index (χ2v) is 7.38. The van der Waals surface area contributed by atoms with Gasteiger partial charge in [0, 0.05) is 43.4 Å². The first-order chi connectivity index (χ1) is 15.6. The second-order valence-electron chi connectivity index (χ2n) is 7.38. The summed E-state index contributed by atoms with van der Waals surface area (Å²) in [6, 6.07) is 11.7. The topological polar surface area (TPSA) is 84.4 Å². The molecule has 172 valence electrons. The fraction of sp³-hybridized carbons (Fsp3) is 0.417. The molecule has 0 spiro atoms. The number of ether oxygens (including phenoxy) is 3. The molecule has 1 amide bonds. The molecule has 1 aliphatic rings. The van der Waals surface area contributed by atoms with Gasteiger partial charge in [0.2, 0.25) is 5.91 Å². The second kappa shape index (κ2) is 11.3. The van der Waals surface area contributed by atoms with Crippen LogP contribution in [0.4, 0.5) is 5.69 Å². The van der Waals surface area contributed by atoms with Gasteiger partial charge in [0.1, 0.15) is 5.75 Å². The number of benzene rings is 2. The van der Waals surface area contributed by atoms with Gasteiger partial charge in [0.25, 0.3) is 0 Å². The van der Waals surface area contributed by atoms with Gasteiger partial charge in [-0.3, -0.25) is 4.79 Å². The summed E-state index contributed by atoms with van der Waals surface area (Å²) in [7, 11) is 4.84. The van der Waals surface area contributed by atoms with E-state index in [-0.39, 0.29) is 5.91 Å². The van der Waals surface area contributed by atoms with E-state index in [1.54, 1.807) is 21.3 Å². The van der Waals surface area contributed by atoms with Gasteiger partial charge in [-0.25, -0.2) is 4.99 Å². The smallest absolute Gasteiger partial charge is 0.227 e. The molecule has 2 N–H and O–H groups in total. The van der Waals surface area contributed by atoms with Gasteiger partial charge in [-0.1, -0.05) is 12.1 Å². The number of methoxy groups -OCH3 is 3. The average molecular weight is 441 g/mol. The Kier molecular flexibility index (Phi) is 8.19. The van der Waals surface area contributed by atoms with Crippen LogP contribution in [0.15, 0.2) is 41.4 Å². The predicted molar refractivity (Wildman–Crippen MR) is 126 cm³/mol. The van der Waals surface area contributed by atoms with Gasteiger partial charge in [-0.15, -0.1) is 0 Å². The molecule has 0 saturated carbocycles. The van der Waals surface area contributed by atoms with Gasteiger partial charge in [0.15, 0.2) is 17.5 Å². The van der Waals surface area contributed by atoms with E-state index < -0.39 is 0 Å². The minimum absolute atomic E-state index is 0.194. The predicted octanol–water partition coefficient (Wildman–Crippen LogP) is 3.09. The maximum absolute atomic E-state index is 11.9. The number of carbonyl (C=O) groups excluding carboxylic acids is 1. The van der Waals surface area contributed by atoms with Crippen molar-refractivity contribution in [3.05, 3.63) is 47.5 Å². The highest BCUT2D eigenvalue weighted by Crippen LogP contribution is 2.34. The highest BCUT2D eigenvalue weighted by atomic mass is 16.5. The van der Waals surface area contributed by atoms with Crippen LogP contribution in [0.5, 0.6) is 17.2 Å². The molecule has 0 atom stereocenters. The van der Waals surface area contributed by atoms with Crippen molar-refractivity contribution in [1.82, 2.24) is 10.6 Å². The van der Waals surface area contributed by atoms with Crippen LogP contribution in [0.2, 0.25) is 0 Å². The summed E-state index contributed by atoms with van der Waals surface area (Å²) in [6.07, 6.45) is 1.56. The van der Waals surface area contributed by atoms with E-state index in [9.17, 15) is 4.79 Å². The Hall–Kier alpha value is -3.42. The number of nitrogens with one attached hydrogen (secondary N) is 2. The van der Waals surface area contributed by atoms with Gasteiger partial charge < -0.3 is 29.7 Å². The van der Waals surface area contributed by atoms with Crippen molar-refractivity contribution in [3.8, 4) is 17.2 Å². The zero-order valence-electron chi connectivity index (χ0n) is 19.2. The summed E-state index contributed by atoms with van der Waals surface area (Å²) in [6.45, 7) is 4.59. The highest BCUT2D eigenvalue weighted by Gasteiger charge is 2.21. The molecule has 2 aromatic rings. The normalized spacial score (nSPS) is 13.8. The molecule has 1 heterocycles. The highest BCUT2D eigenvalue weighted by molar-refractivity contribution is 5.95. The molecule has 8 nitrogen and oxygen atoms in total. The monoisotopic (exact) mass is 440 g/mol. The number of guanidine groups is 1. The molecule has 0 bridgehead atoms. The van der Waals surface area contributed by atoms with Crippen molar-refractivity contribution in [1.29, 1.82) is 0 Å². The van der Waals surface area contributed by atoms with Crippen molar-refractivity contribution < 1.29 is 19.0 Å². The quantitative estimate of drug-likeness (QED) is 0.461. The summed E-state index contributed by atoms with van der Waals surface area (Å²) in [4.78, 5) is 18.5. The number of rotatable bonds is 9. The van der Waals surface area contributed by atoms with Crippen molar-refractivity contribution >= 4 is 17.6 Å². The Morgan fingerprint density at radius 1 is 1.00 bits per heavy atom. The van der Waals surface area contributed by atoms with E-state index in [1.165, 1.54) is 0 Å². The standard InChI is InChI=1S/C24H32N4O4/c1-5-25-24(27-16-18-13-21(31-3)22(32-4)14-20(18)30-2)26-15-17-8-10-19(11-9-17)28-12-6-7-23(28)29/h8-11,13-14H,5-7,12,15-16H2,1-4H3,(H2,25,26,27). The zero-order valence-corrected chi connectivity index (χ0v) is 19.2. The number of aliphatic imine (C=N–C) groups is 1. The third-order valence-electron chi connectivity index (χ3n) is 5.32. The third kappa shape index (κ3) is 5.63. The molecule has 0 radical (unpaired) electrons. The minimum Gasteiger partial charge on any atom is -0.496 e. The van der Waals surface area contributed by atoms with Crippen molar-refractivity contribution in [2.45, 2.75) is 32.9 Å². The Morgan fingerprint density at radius 3 is 2.28 bits per heavy atom. The third-order valence-corrected chi connectivity index (χ3v) is 5.32. The van der Waals surface area contributed by atoms with Crippen molar-refractivity contribution in [2.75, 3.05) is 39.3 Å². The van der Waals surface area contributed by atoms with E-state index in [2.05, 4.69) is 15.6 Å². The molecule has 2 aromatic carbocycles. The van der Waals surface area contributed by atoms with Crippen LogP contribution >= 0.6 is 0 Å². The number of hydrogen-bond acceptors (Lipinski definition) is 5. The molecule has 3 rings (SSSR count). The van der Waals surface area contributed by atoms with Crippen molar-refractivity contribution in [3.63, 3.8) is 0 Å². The lowest BCUT2D eigenvalue weighted by Crippen LogP contribution is -2.36. The van der Waals surface area contributed by atoms with Gasteiger partial charge in [-0.05, 0) is 37.1 Å². The molecular weight excluding hydrogens is 408 g/mol. The SMILES string of the molecule is CCNC(=NCc1ccc(N2CCCC2=O)cc1)NCc1cc(OC)c(OC)cc1OC. The summed E-state index contributed by atoms with van der Waals surface area (Å²) in [5.74, 6) is 2.86. The first-order valence-electron chi connectivity index (χ1n) is 10.8. The van der Waals surface area contributed by atoms with E-state index in [0.29, 0.717) is 42.7 Å². The largest absolute Gasteiger partial charge is 0.496 e. The lowest BCUT2D eigenvalue weighted by molar-refractivity contribution is -0.117. The fourth-order valence-electron chi connectivity index (χ4n) is 3.62. The van der Waals surface area contributed by atoms with E-state index in [1.807, 2.05) is 48.2 Å². The molecule has 1 fully saturated rings. The van der Waals surface area contributed by atoms with Crippen LogP contribution in [0.1, 0.15) is 30.9 Å². The van der Waals surface area contributed by atoms with Crippen LogP contribution in [0.3, 0.4) is 0 Å². The van der Waals surface area contributed by atoms with E-state index in [0.717, 1.165) is 36.3 Å². The zero-order chi connectivity index (χ0) is 22.9. The summed E-state index contributed by atoms with van der Waals surface area (Å²) < 4.78 is 16.3. The summed E-state index contributed by atoms with van der Waals surface area (Å²) in [5, 5.41) is 6.61. The average Bonchev–Trinajstić information content (AvgIpc) is 3.26. The number of nitrogens with zero attached hydrogens (tertiary/aromatic N) is 2. The Balaban J connectivity index is 1.67. The molecule has 32 heavy (non-hydrogen) atoms. The number of hydrogen-bond donors (Lipinski definition) is 2. The maximum atomic E-state index is 11.9. The van der Waals surface area contributed by atoms with E-state index >= 15 is 0 Å². The van der Waals surface area contributed by atoms with Crippen LogP contribution in [-0.4, -0.2) is 46.3 Å². The van der Waals surface area contributed by atoms with Crippen LogP contribution in [0, 0.1) is 0 Å². The summed E-state index contributed by atoms with van der Waals surface area (Å²) in [5.41, 5.74) is 2.95.